The monoisotopic (exact) mass is 326 g/mol. The third kappa shape index (κ3) is 4.43. The van der Waals surface area contributed by atoms with Gasteiger partial charge in [-0.3, -0.25) is 14.9 Å². The fraction of sp³-hybridized carbons (Fsp3) is 0.0714. The van der Waals surface area contributed by atoms with Crippen molar-refractivity contribution in [1.29, 1.82) is 0 Å². The van der Waals surface area contributed by atoms with Crippen molar-refractivity contribution < 1.29 is 27.6 Å². The molecule has 0 atom stereocenters. The predicted molar refractivity (Wildman–Crippen MR) is 74.2 cm³/mol. The van der Waals surface area contributed by atoms with Crippen LogP contribution in [0.3, 0.4) is 0 Å². The number of amides is 1. The molecule has 0 fully saturated rings. The first-order valence-electron chi connectivity index (χ1n) is 6.17. The van der Waals surface area contributed by atoms with E-state index in [1.807, 2.05) is 0 Å². The van der Waals surface area contributed by atoms with Crippen LogP contribution < -0.4 is 10.1 Å². The standard InChI is InChI=1S/C14H9F3N2O4/c15-14(16,17)23-12-7-2-1-6-11(12)18-13(20)9-4-3-5-10(8-9)19(21)22/h1-8H,(H,18,20). The van der Waals surface area contributed by atoms with E-state index < -0.39 is 22.9 Å². The van der Waals surface area contributed by atoms with E-state index in [4.69, 9.17) is 0 Å². The number of non-ortho nitro benzene ring substituents is 1. The molecule has 0 heterocycles. The van der Waals surface area contributed by atoms with E-state index in [9.17, 15) is 28.1 Å². The van der Waals surface area contributed by atoms with Gasteiger partial charge in [0.05, 0.1) is 10.6 Å². The van der Waals surface area contributed by atoms with Gasteiger partial charge in [0.1, 0.15) is 0 Å². The summed E-state index contributed by atoms with van der Waals surface area (Å²) in [5, 5.41) is 12.9. The molecule has 9 heteroatoms. The molecule has 23 heavy (non-hydrogen) atoms. The molecule has 0 aliphatic carbocycles. The molecule has 0 saturated heterocycles. The highest BCUT2D eigenvalue weighted by Gasteiger charge is 2.32. The molecule has 0 bridgehead atoms. The van der Waals surface area contributed by atoms with Crippen molar-refractivity contribution in [1.82, 2.24) is 0 Å². The van der Waals surface area contributed by atoms with E-state index in [0.717, 1.165) is 12.1 Å². The number of hydrogen-bond donors (Lipinski definition) is 1. The van der Waals surface area contributed by atoms with Crippen molar-refractivity contribution >= 4 is 17.3 Å². The van der Waals surface area contributed by atoms with Crippen molar-refractivity contribution in [2.75, 3.05) is 5.32 Å². The number of nitro groups is 1. The smallest absolute Gasteiger partial charge is 0.404 e. The Hall–Kier alpha value is -3.10. The van der Waals surface area contributed by atoms with Gasteiger partial charge in [0.2, 0.25) is 0 Å². The Morgan fingerprint density at radius 3 is 2.48 bits per heavy atom. The summed E-state index contributed by atoms with van der Waals surface area (Å²) in [6, 6.07) is 9.78. The molecular weight excluding hydrogens is 317 g/mol. The molecule has 1 amide bonds. The Morgan fingerprint density at radius 2 is 1.83 bits per heavy atom. The van der Waals surface area contributed by atoms with Crippen LogP contribution in [0.2, 0.25) is 0 Å². The number of nitrogens with zero attached hydrogens (tertiary/aromatic N) is 1. The van der Waals surface area contributed by atoms with E-state index in [1.165, 1.54) is 36.4 Å². The largest absolute Gasteiger partial charge is 0.573 e. The number of carbonyl (C=O) groups is 1. The number of nitrogens with one attached hydrogen (secondary N) is 1. The molecule has 2 rings (SSSR count). The third-order valence-corrected chi connectivity index (χ3v) is 2.68. The maximum atomic E-state index is 12.3. The van der Waals surface area contributed by atoms with E-state index in [1.54, 1.807) is 0 Å². The van der Waals surface area contributed by atoms with E-state index in [2.05, 4.69) is 10.1 Å². The van der Waals surface area contributed by atoms with Gasteiger partial charge in [0, 0.05) is 17.7 Å². The maximum Gasteiger partial charge on any atom is 0.573 e. The minimum absolute atomic E-state index is 0.0685. The Kier molecular flexibility index (Phi) is 4.49. The van der Waals surface area contributed by atoms with Gasteiger partial charge in [-0.15, -0.1) is 13.2 Å². The fourth-order valence-corrected chi connectivity index (χ4v) is 1.74. The van der Waals surface area contributed by atoms with Crippen molar-refractivity contribution in [2.45, 2.75) is 6.36 Å². The van der Waals surface area contributed by atoms with Crippen LogP contribution in [-0.2, 0) is 0 Å². The fourth-order valence-electron chi connectivity index (χ4n) is 1.74. The number of hydrogen-bond acceptors (Lipinski definition) is 4. The van der Waals surface area contributed by atoms with Crippen molar-refractivity contribution in [3.05, 3.63) is 64.2 Å². The van der Waals surface area contributed by atoms with Crippen molar-refractivity contribution in [3.8, 4) is 5.75 Å². The SMILES string of the molecule is O=C(Nc1ccccc1OC(F)(F)F)c1cccc([N+](=O)[O-])c1. The number of halogens is 3. The number of ether oxygens (including phenoxy) is 1. The number of para-hydroxylation sites is 2. The van der Waals surface area contributed by atoms with Crippen LogP contribution in [0.5, 0.6) is 5.75 Å². The molecule has 0 aliphatic heterocycles. The number of benzene rings is 2. The molecule has 0 spiro atoms. The lowest BCUT2D eigenvalue weighted by molar-refractivity contribution is -0.384. The van der Waals surface area contributed by atoms with Crippen molar-refractivity contribution in [3.63, 3.8) is 0 Å². The molecule has 6 nitrogen and oxygen atoms in total. The first-order valence-corrected chi connectivity index (χ1v) is 6.17. The van der Waals surface area contributed by atoms with Crippen LogP contribution >= 0.6 is 0 Å². The molecule has 120 valence electrons. The Morgan fingerprint density at radius 1 is 1.13 bits per heavy atom. The van der Waals surface area contributed by atoms with Gasteiger partial charge in [0.25, 0.3) is 11.6 Å². The van der Waals surface area contributed by atoms with Crippen LogP contribution in [0.1, 0.15) is 10.4 Å². The number of carbonyl (C=O) groups excluding carboxylic acids is 1. The molecule has 0 unspecified atom stereocenters. The molecule has 0 saturated carbocycles. The van der Waals surface area contributed by atoms with Gasteiger partial charge < -0.3 is 10.1 Å². The summed E-state index contributed by atoms with van der Waals surface area (Å²) < 4.78 is 40.7. The second-order valence-corrected chi connectivity index (χ2v) is 4.31. The topological polar surface area (TPSA) is 81.5 Å². The Labute approximate surface area is 127 Å². The minimum atomic E-state index is -4.91. The van der Waals surface area contributed by atoms with Crippen LogP contribution in [0, 0.1) is 10.1 Å². The first kappa shape index (κ1) is 16.3. The molecular formula is C14H9F3N2O4. The summed E-state index contributed by atoms with van der Waals surface area (Å²) in [5.74, 6) is -1.38. The van der Waals surface area contributed by atoms with Crippen LogP contribution in [0.4, 0.5) is 24.5 Å². The highest BCUT2D eigenvalue weighted by atomic mass is 19.4. The zero-order valence-electron chi connectivity index (χ0n) is 11.3. The summed E-state index contributed by atoms with van der Waals surface area (Å²) in [6.45, 7) is 0. The predicted octanol–water partition coefficient (Wildman–Crippen LogP) is 3.75. The van der Waals surface area contributed by atoms with E-state index in [-0.39, 0.29) is 16.9 Å². The highest BCUT2D eigenvalue weighted by Crippen LogP contribution is 2.30. The van der Waals surface area contributed by atoms with Gasteiger partial charge in [0.15, 0.2) is 5.75 Å². The summed E-state index contributed by atoms with van der Waals surface area (Å²) >= 11 is 0. The molecule has 0 aromatic heterocycles. The van der Waals surface area contributed by atoms with Gasteiger partial charge in [-0.1, -0.05) is 18.2 Å². The van der Waals surface area contributed by atoms with E-state index in [0.29, 0.717) is 0 Å². The zero-order chi connectivity index (χ0) is 17.0. The first-order chi connectivity index (χ1) is 10.8. The zero-order valence-corrected chi connectivity index (χ0v) is 11.3. The summed E-state index contributed by atoms with van der Waals surface area (Å²) in [4.78, 5) is 22.0. The third-order valence-electron chi connectivity index (χ3n) is 2.68. The average molecular weight is 326 g/mol. The van der Waals surface area contributed by atoms with Crippen LogP contribution in [0.15, 0.2) is 48.5 Å². The Balaban J connectivity index is 2.24. The van der Waals surface area contributed by atoms with Crippen molar-refractivity contribution in [2.24, 2.45) is 0 Å². The summed E-state index contributed by atoms with van der Waals surface area (Å²) in [5.41, 5.74) is -0.584. The second-order valence-electron chi connectivity index (χ2n) is 4.31. The van der Waals surface area contributed by atoms with Gasteiger partial charge in [-0.05, 0) is 18.2 Å². The van der Waals surface area contributed by atoms with Gasteiger partial charge in [-0.2, -0.15) is 0 Å². The van der Waals surface area contributed by atoms with Gasteiger partial charge in [-0.25, -0.2) is 0 Å². The number of anilines is 1. The quantitative estimate of drug-likeness (QED) is 0.685. The minimum Gasteiger partial charge on any atom is -0.404 e. The molecule has 0 radical (unpaired) electrons. The molecule has 2 aromatic carbocycles. The highest BCUT2D eigenvalue weighted by molar-refractivity contribution is 6.05. The summed E-state index contributed by atoms with van der Waals surface area (Å²) in [7, 11) is 0. The number of nitro benzene ring substituents is 1. The number of alkyl halides is 3. The lowest BCUT2D eigenvalue weighted by Gasteiger charge is -2.13. The lowest BCUT2D eigenvalue weighted by atomic mass is 10.2. The van der Waals surface area contributed by atoms with Crippen LogP contribution in [0.25, 0.3) is 0 Å². The molecule has 1 N–H and O–H groups in total. The second kappa shape index (κ2) is 6.34. The lowest BCUT2D eigenvalue weighted by Crippen LogP contribution is -2.19. The maximum absolute atomic E-state index is 12.3. The number of rotatable bonds is 4. The van der Waals surface area contributed by atoms with E-state index >= 15 is 0 Å². The van der Waals surface area contributed by atoms with Gasteiger partial charge >= 0.3 is 6.36 Å². The molecule has 0 aliphatic rings. The average Bonchev–Trinajstić information content (AvgIpc) is 2.48. The molecule has 2 aromatic rings. The summed E-state index contributed by atoms with van der Waals surface area (Å²) in [6.07, 6.45) is -4.91. The van der Waals surface area contributed by atoms with Crippen LogP contribution in [-0.4, -0.2) is 17.2 Å². The Bertz CT molecular complexity index is 747. The normalized spacial score (nSPS) is 10.9.